The average molecular weight is 318 g/mol. The maximum atomic E-state index is 11.3. The van der Waals surface area contributed by atoms with Gasteiger partial charge in [-0.1, -0.05) is 6.07 Å². The molecule has 0 atom stereocenters. The Morgan fingerprint density at radius 1 is 1.23 bits per heavy atom. The lowest BCUT2D eigenvalue weighted by molar-refractivity contribution is -0.387. The number of nitro groups is 1. The molecule has 7 heteroatoms. The van der Waals surface area contributed by atoms with Crippen molar-refractivity contribution in [3.63, 3.8) is 0 Å². The minimum absolute atomic E-state index is 0.0854. The van der Waals surface area contributed by atoms with E-state index in [0.717, 1.165) is 29.8 Å². The van der Waals surface area contributed by atoms with Crippen LogP contribution in [0.1, 0.15) is 23.4 Å². The highest BCUT2D eigenvalue weighted by atomic mass is 32.2. The summed E-state index contributed by atoms with van der Waals surface area (Å²) in [6.07, 6.45) is 1.55. The van der Waals surface area contributed by atoms with Gasteiger partial charge in [-0.3, -0.25) is 10.1 Å². The van der Waals surface area contributed by atoms with E-state index in [-0.39, 0.29) is 10.6 Å². The number of hydrogen-bond donors (Lipinski definition) is 1. The summed E-state index contributed by atoms with van der Waals surface area (Å²) >= 11 is 1.21. The van der Waals surface area contributed by atoms with Crippen LogP contribution in [0.25, 0.3) is 0 Å². The number of nitrogens with zero attached hydrogens (tertiary/aromatic N) is 3. The van der Waals surface area contributed by atoms with E-state index in [1.807, 2.05) is 26.0 Å². The van der Waals surface area contributed by atoms with Crippen molar-refractivity contribution < 1.29 is 4.92 Å². The predicted molar refractivity (Wildman–Crippen MR) is 86.1 cm³/mol. The first-order valence-electron chi connectivity index (χ1n) is 6.97. The molecule has 1 aromatic carbocycles. The van der Waals surface area contributed by atoms with Gasteiger partial charge in [0.15, 0.2) is 5.16 Å². The van der Waals surface area contributed by atoms with Gasteiger partial charge in [0.25, 0.3) is 5.69 Å². The molecule has 0 amide bonds. The molecule has 22 heavy (non-hydrogen) atoms. The molecule has 0 saturated carbocycles. The highest BCUT2D eigenvalue weighted by Gasteiger charge is 2.17. The lowest BCUT2D eigenvalue weighted by atomic mass is 10.1. The fourth-order valence-corrected chi connectivity index (χ4v) is 3.04. The number of aromatic nitrogens is 2. The van der Waals surface area contributed by atoms with E-state index in [0.29, 0.717) is 16.6 Å². The van der Waals surface area contributed by atoms with Crippen molar-refractivity contribution in [1.82, 2.24) is 9.97 Å². The largest absolute Gasteiger partial charge is 0.330 e. The summed E-state index contributed by atoms with van der Waals surface area (Å²) in [6.45, 7) is 4.33. The normalized spacial score (nSPS) is 10.7. The zero-order valence-corrected chi connectivity index (χ0v) is 13.4. The topological polar surface area (TPSA) is 94.9 Å². The molecule has 1 heterocycles. The third-order valence-corrected chi connectivity index (χ3v) is 3.98. The molecule has 0 spiro atoms. The Kier molecular flexibility index (Phi) is 5.46. The van der Waals surface area contributed by atoms with Crippen molar-refractivity contribution in [2.45, 2.75) is 36.7 Å². The van der Waals surface area contributed by atoms with E-state index < -0.39 is 0 Å². The third kappa shape index (κ3) is 4.25. The molecule has 6 nitrogen and oxygen atoms in total. The lowest BCUT2D eigenvalue weighted by Gasteiger charge is -2.06. The van der Waals surface area contributed by atoms with Gasteiger partial charge in [-0.25, -0.2) is 9.97 Å². The van der Waals surface area contributed by atoms with E-state index in [1.165, 1.54) is 11.8 Å². The smallest absolute Gasteiger partial charge is 0.283 e. The zero-order valence-electron chi connectivity index (χ0n) is 12.6. The van der Waals surface area contributed by atoms with Crippen LogP contribution in [0.3, 0.4) is 0 Å². The molecular weight excluding hydrogens is 300 g/mol. The predicted octanol–water partition coefficient (Wildman–Crippen LogP) is 3.04. The Hall–Kier alpha value is -1.99. The van der Waals surface area contributed by atoms with Crippen molar-refractivity contribution in [1.29, 1.82) is 0 Å². The summed E-state index contributed by atoms with van der Waals surface area (Å²) in [5.41, 5.74) is 8.17. The fraction of sp³-hybridized carbons (Fsp3) is 0.333. The Labute approximate surface area is 133 Å². The highest BCUT2D eigenvalue weighted by molar-refractivity contribution is 7.99. The van der Waals surface area contributed by atoms with Crippen LogP contribution in [0.4, 0.5) is 5.69 Å². The molecule has 1 aromatic heterocycles. The number of nitrogens with two attached hydrogens (primary N) is 1. The van der Waals surface area contributed by atoms with Crippen LogP contribution in [0.5, 0.6) is 0 Å². The summed E-state index contributed by atoms with van der Waals surface area (Å²) in [6, 6.07) is 7.14. The molecule has 0 fully saturated rings. The van der Waals surface area contributed by atoms with E-state index in [1.54, 1.807) is 12.1 Å². The summed E-state index contributed by atoms with van der Waals surface area (Å²) < 4.78 is 0. The molecule has 2 aromatic rings. The Balaban J connectivity index is 2.31. The van der Waals surface area contributed by atoms with Gasteiger partial charge < -0.3 is 5.73 Å². The Morgan fingerprint density at radius 3 is 2.50 bits per heavy atom. The number of hydrogen-bond acceptors (Lipinski definition) is 6. The molecule has 0 aliphatic carbocycles. The van der Waals surface area contributed by atoms with Crippen molar-refractivity contribution >= 4 is 17.4 Å². The first kappa shape index (κ1) is 16.4. The van der Waals surface area contributed by atoms with Crippen molar-refractivity contribution in [2.24, 2.45) is 5.73 Å². The minimum atomic E-state index is -0.364. The van der Waals surface area contributed by atoms with Crippen LogP contribution in [0.2, 0.25) is 0 Å². The fourth-order valence-electron chi connectivity index (χ4n) is 2.09. The monoisotopic (exact) mass is 318 g/mol. The minimum Gasteiger partial charge on any atom is -0.330 e. The molecular formula is C15H18N4O2S. The summed E-state index contributed by atoms with van der Waals surface area (Å²) in [4.78, 5) is 20.1. The zero-order chi connectivity index (χ0) is 16.1. The van der Waals surface area contributed by atoms with Gasteiger partial charge in [0.05, 0.1) is 9.82 Å². The molecule has 0 radical (unpaired) electrons. The van der Waals surface area contributed by atoms with Crippen LogP contribution >= 0.6 is 11.8 Å². The van der Waals surface area contributed by atoms with Crippen molar-refractivity contribution in [3.8, 4) is 0 Å². The summed E-state index contributed by atoms with van der Waals surface area (Å²) in [5.74, 6) is 0. The number of benzene rings is 1. The summed E-state index contributed by atoms with van der Waals surface area (Å²) in [5, 5.41) is 11.8. The molecule has 0 saturated heterocycles. The average Bonchev–Trinajstić information content (AvgIpc) is 2.44. The van der Waals surface area contributed by atoms with Crippen LogP contribution in [-0.2, 0) is 6.42 Å². The third-order valence-electron chi connectivity index (χ3n) is 3.05. The van der Waals surface area contributed by atoms with Crippen molar-refractivity contribution in [3.05, 3.63) is 51.3 Å². The Morgan fingerprint density at radius 2 is 1.91 bits per heavy atom. The van der Waals surface area contributed by atoms with E-state index in [4.69, 9.17) is 5.73 Å². The maximum Gasteiger partial charge on any atom is 0.283 e. The van der Waals surface area contributed by atoms with Gasteiger partial charge in [0.1, 0.15) is 0 Å². The van der Waals surface area contributed by atoms with Gasteiger partial charge in [0.2, 0.25) is 0 Å². The molecule has 2 N–H and O–H groups in total. The van der Waals surface area contributed by atoms with Gasteiger partial charge >= 0.3 is 0 Å². The van der Waals surface area contributed by atoms with Crippen molar-refractivity contribution in [2.75, 3.05) is 6.54 Å². The van der Waals surface area contributed by atoms with Gasteiger partial charge in [0, 0.05) is 17.5 Å². The molecule has 2 rings (SSSR count). The van der Waals surface area contributed by atoms with Crippen LogP contribution in [0, 0.1) is 24.0 Å². The second-order valence-corrected chi connectivity index (χ2v) is 6.00. The van der Waals surface area contributed by atoms with Crippen LogP contribution in [-0.4, -0.2) is 21.4 Å². The van der Waals surface area contributed by atoms with E-state index in [9.17, 15) is 10.1 Å². The maximum absolute atomic E-state index is 11.3. The SMILES string of the molecule is Cc1cc(C)nc(Sc2ccc(CCCN)cc2[N+](=O)[O-])n1. The van der Waals surface area contributed by atoms with E-state index >= 15 is 0 Å². The Bertz CT molecular complexity index is 671. The summed E-state index contributed by atoms with van der Waals surface area (Å²) in [7, 11) is 0. The van der Waals surface area contributed by atoms with Crippen LogP contribution in [0.15, 0.2) is 34.3 Å². The number of nitro benzene ring substituents is 1. The molecule has 116 valence electrons. The van der Waals surface area contributed by atoms with E-state index in [2.05, 4.69) is 9.97 Å². The van der Waals surface area contributed by atoms with Crippen LogP contribution < -0.4 is 5.73 Å². The first-order valence-corrected chi connectivity index (χ1v) is 7.79. The number of aryl methyl sites for hydroxylation is 3. The second-order valence-electron chi connectivity index (χ2n) is 4.99. The first-order chi connectivity index (χ1) is 10.5. The standard InChI is InChI=1S/C15H18N4O2S/c1-10-8-11(2)18-15(17-10)22-14-6-5-12(4-3-7-16)9-13(14)19(20)21/h5-6,8-9H,3-4,7,16H2,1-2H3. The molecule has 0 aliphatic heterocycles. The quantitative estimate of drug-likeness (QED) is 0.499. The van der Waals surface area contributed by atoms with Gasteiger partial charge in [-0.15, -0.1) is 0 Å². The van der Waals surface area contributed by atoms with Gasteiger partial charge in [-0.05, 0) is 62.7 Å². The van der Waals surface area contributed by atoms with Gasteiger partial charge in [-0.2, -0.15) is 0 Å². The second kappa shape index (κ2) is 7.33. The number of rotatable bonds is 6. The highest BCUT2D eigenvalue weighted by Crippen LogP contribution is 2.34. The molecule has 0 unspecified atom stereocenters. The molecule has 0 bridgehead atoms. The lowest BCUT2D eigenvalue weighted by Crippen LogP contribution is -2.01. The molecule has 0 aliphatic rings.